The number of nitrogens with zero attached hydrogens (tertiary/aromatic N) is 2. The Morgan fingerprint density at radius 2 is 1.56 bits per heavy atom. The van der Waals surface area contributed by atoms with Crippen LogP contribution in [0.4, 0.5) is 0 Å². The van der Waals surface area contributed by atoms with E-state index in [1.54, 1.807) is 19.1 Å². The summed E-state index contributed by atoms with van der Waals surface area (Å²) in [7, 11) is 0. The number of aryl methyl sites for hydroxylation is 1. The predicted molar refractivity (Wildman–Crippen MR) is 105 cm³/mol. The number of aliphatic hydroxyl groups excluding tert-OH is 1. The van der Waals surface area contributed by atoms with Crippen LogP contribution in [0.25, 0.3) is 22.5 Å². The van der Waals surface area contributed by atoms with Crippen molar-refractivity contribution in [1.29, 1.82) is 0 Å². The molecule has 138 valence electrons. The van der Waals surface area contributed by atoms with Crippen LogP contribution < -0.4 is 0 Å². The smallest absolute Gasteiger partial charge is 0.358 e. The summed E-state index contributed by atoms with van der Waals surface area (Å²) in [6.45, 7) is 3.51. The molecule has 0 unspecified atom stereocenters. The molecule has 2 aromatic carbocycles. The average molecular weight is 383 g/mol. The second-order valence-electron chi connectivity index (χ2n) is 5.97. The Bertz CT molecular complexity index is 954. The van der Waals surface area contributed by atoms with Gasteiger partial charge >= 0.3 is 5.97 Å². The molecule has 6 heteroatoms. The lowest BCUT2D eigenvalue weighted by molar-refractivity contribution is 0.0515. The van der Waals surface area contributed by atoms with Crippen molar-refractivity contribution in [3.05, 3.63) is 70.5 Å². The van der Waals surface area contributed by atoms with Crippen LogP contribution in [-0.2, 0) is 11.3 Å². The Morgan fingerprint density at radius 1 is 1.00 bits per heavy atom. The summed E-state index contributed by atoms with van der Waals surface area (Å²) in [5.74, 6) is -0.611. The number of halogens is 1. The van der Waals surface area contributed by atoms with Crippen molar-refractivity contribution in [2.45, 2.75) is 20.5 Å². The van der Waals surface area contributed by atoms with Gasteiger partial charge in [0.05, 0.1) is 30.3 Å². The average Bonchev–Trinajstić information content (AvgIpc) is 2.68. The van der Waals surface area contributed by atoms with Crippen LogP contribution in [0.15, 0.2) is 48.5 Å². The maximum Gasteiger partial charge on any atom is 0.358 e. The molecule has 3 aromatic rings. The van der Waals surface area contributed by atoms with Crippen LogP contribution in [0, 0.1) is 6.92 Å². The highest BCUT2D eigenvalue weighted by Crippen LogP contribution is 2.31. The minimum absolute atomic E-state index is 0.0140. The van der Waals surface area contributed by atoms with E-state index < -0.39 is 12.6 Å². The third-order valence-corrected chi connectivity index (χ3v) is 4.28. The van der Waals surface area contributed by atoms with Gasteiger partial charge in [0.15, 0.2) is 5.69 Å². The van der Waals surface area contributed by atoms with Gasteiger partial charge in [-0.05, 0) is 26.0 Å². The van der Waals surface area contributed by atoms with Gasteiger partial charge in [0.1, 0.15) is 0 Å². The summed E-state index contributed by atoms with van der Waals surface area (Å²) in [5.41, 5.74) is 4.01. The number of benzene rings is 2. The fraction of sp³-hybridized carbons (Fsp3) is 0.190. The molecule has 0 spiro atoms. The molecule has 0 aliphatic heterocycles. The lowest BCUT2D eigenvalue weighted by atomic mass is 10.0. The number of carbonyl (C=O) groups is 1. The van der Waals surface area contributed by atoms with E-state index in [-0.39, 0.29) is 18.0 Å². The van der Waals surface area contributed by atoms with Crippen molar-refractivity contribution >= 4 is 17.6 Å². The third-order valence-electron chi connectivity index (χ3n) is 4.03. The second-order valence-corrected chi connectivity index (χ2v) is 6.40. The first-order valence-electron chi connectivity index (χ1n) is 8.55. The lowest BCUT2D eigenvalue weighted by Gasteiger charge is -2.14. The molecule has 3 rings (SSSR count). The summed E-state index contributed by atoms with van der Waals surface area (Å²) in [6, 6.07) is 15.0. The topological polar surface area (TPSA) is 72.3 Å². The summed E-state index contributed by atoms with van der Waals surface area (Å²) in [6.07, 6.45) is 0. The lowest BCUT2D eigenvalue weighted by Crippen LogP contribution is -2.14. The number of carbonyl (C=O) groups excluding carboxylic acids is 1. The van der Waals surface area contributed by atoms with Gasteiger partial charge in [-0.3, -0.25) is 0 Å². The first-order chi connectivity index (χ1) is 13.0. The molecule has 27 heavy (non-hydrogen) atoms. The predicted octanol–water partition coefficient (Wildman–Crippen LogP) is 4.44. The van der Waals surface area contributed by atoms with Crippen LogP contribution in [-0.4, -0.2) is 27.7 Å². The Morgan fingerprint density at radius 3 is 2.11 bits per heavy atom. The highest BCUT2D eigenvalue weighted by atomic mass is 35.5. The fourth-order valence-corrected chi connectivity index (χ4v) is 2.79. The van der Waals surface area contributed by atoms with E-state index in [2.05, 4.69) is 9.97 Å². The van der Waals surface area contributed by atoms with E-state index in [1.807, 2.05) is 43.3 Å². The van der Waals surface area contributed by atoms with Crippen LogP contribution in [0.3, 0.4) is 0 Å². The SMILES string of the molecule is CCOC(=O)c1nc(-c2ccc(Cl)cc2)c(-c2ccc(C)cc2)nc1CO. The molecule has 0 saturated carbocycles. The number of esters is 1. The summed E-state index contributed by atoms with van der Waals surface area (Å²) in [5, 5.41) is 10.3. The molecule has 0 bridgehead atoms. The molecule has 0 aliphatic carbocycles. The van der Waals surface area contributed by atoms with Crippen molar-refractivity contribution in [1.82, 2.24) is 9.97 Å². The summed E-state index contributed by atoms with van der Waals surface area (Å²) < 4.78 is 5.07. The standard InChI is InChI=1S/C21H19ClN2O3/c1-3-27-21(26)20-17(12-25)23-18(14-6-4-13(2)5-7-14)19(24-20)15-8-10-16(22)11-9-15/h4-11,25H,3,12H2,1-2H3. The zero-order valence-electron chi connectivity index (χ0n) is 15.1. The molecule has 0 fully saturated rings. The van der Waals surface area contributed by atoms with Crippen molar-refractivity contribution in [2.24, 2.45) is 0 Å². The maximum absolute atomic E-state index is 12.3. The number of hydrogen-bond acceptors (Lipinski definition) is 5. The first-order valence-corrected chi connectivity index (χ1v) is 8.93. The molecule has 0 aliphatic rings. The molecular formula is C21H19ClN2O3. The third kappa shape index (κ3) is 4.15. The first kappa shape index (κ1) is 19.0. The maximum atomic E-state index is 12.3. The second kappa shape index (κ2) is 8.29. The number of hydrogen-bond donors (Lipinski definition) is 1. The van der Waals surface area contributed by atoms with E-state index in [1.165, 1.54) is 0 Å². The van der Waals surface area contributed by atoms with Gasteiger partial charge in [0, 0.05) is 16.1 Å². The van der Waals surface area contributed by atoms with E-state index in [9.17, 15) is 9.90 Å². The van der Waals surface area contributed by atoms with Crippen LogP contribution in [0.2, 0.25) is 5.02 Å². The molecule has 0 amide bonds. The quantitative estimate of drug-likeness (QED) is 0.660. The van der Waals surface area contributed by atoms with Gasteiger partial charge in [-0.1, -0.05) is 53.6 Å². The monoisotopic (exact) mass is 382 g/mol. The van der Waals surface area contributed by atoms with Crippen molar-refractivity contribution in [2.75, 3.05) is 6.61 Å². The normalized spacial score (nSPS) is 10.7. The van der Waals surface area contributed by atoms with Gasteiger partial charge in [-0.15, -0.1) is 0 Å². The van der Waals surface area contributed by atoms with Gasteiger partial charge in [-0.25, -0.2) is 14.8 Å². The van der Waals surface area contributed by atoms with Crippen LogP contribution >= 0.6 is 11.6 Å². The van der Waals surface area contributed by atoms with Gasteiger partial charge < -0.3 is 9.84 Å². The molecule has 5 nitrogen and oxygen atoms in total. The highest BCUT2D eigenvalue weighted by molar-refractivity contribution is 6.30. The number of ether oxygens (including phenoxy) is 1. The number of aliphatic hydroxyl groups is 1. The van der Waals surface area contributed by atoms with Crippen molar-refractivity contribution in [3.63, 3.8) is 0 Å². The Hall–Kier alpha value is -2.76. The Kier molecular flexibility index (Phi) is 5.84. The largest absolute Gasteiger partial charge is 0.461 e. The molecule has 1 N–H and O–H groups in total. The van der Waals surface area contributed by atoms with Crippen molar-refractivity contribution < 1.29 is 14.6 Å². The molecular weight excluding hydrogens is 364 g/mol. The van der Waals surface area contributed by atoms with Gasteiger partial charge in [0.2, 0.25) is 0 Å². The highest BCUT2D eigenvalue weighted by Gasteiger charge is 2.21. The summed E-state index contributed by atoms with van der Waals surface area (Å²) in [4.78, 5) is 21.4. The van der Waals surface area contributed by atoms with E-state index in [0.29, 0.717) is 16.4 Å². The van der Waals surface area contributed by atoms with E-state index in [4.69, 9.17) is 16.3 Å². The minimum atomic E-state index is -0.611. The zero-order valence-corrected chi connectivity index (χ0v) is 15.8. The van der Waals surface area contributed by atoms with Crippen molar-refractivity contribution in [3.8, 4) is 22.5 Å². The number of aromatic nitrogens is 2. The summed E-state index contributed by atoms with van der Waals surface area (Å²) >= 11 is 6.00. The van der Waals surface area contributed by atoms with Crippen LogP contribution in [0.5, 0.6) is 0 Å². The number of rotatable bonds is 5. The fourth-order valence-electron chi connectivity index (χ4n) is 2.67. The van der Waals surface area contributed by atoms with E-state index in [0.717, 1.165) is 16.7 Å². The Balaban J connectivity index is 2.25. The minimum Gasteiger partial charge on any atom is -0.461 e. The Labute approximate surface area is 162 Å². The zero-order chi connectivity index (χ0) is 19.4. The molecule has 1 heterocycles. The van der Waals surface area contributed by atoms with Gasteiger partial charge in [-0.2, -0.15) is 0 Å². The molecule has 0 radical (unpaired) electrons. The van der Waals surface area contributed by atoms with Gasteiger partial charge in [0.25, 0.3) is 0 Å². The molecule has 0 atom stereocenters. The molecule has 1 aromatic heterocycles. The van der Waals surface area contributed by atoms with Crippen LogP contribution in [0.1, 0.15) is 28.7 Å². The molecule has 0 saturated heterocycles. The van der Waals surface area contributed by atoms with E-state index >= 15 is 0 Å².